The molecule has 128 valence electrons. The van der Waals surface area contributed by atoms with Gasteiger partial charge in [-0.25, -0.2) is 0 Å². The van der Waals surface area contributed by atoms with Gasteiger partial charge in [0.2, 0.25) is 5.91 Å². The lowest BCUT2D eigenvalue weighted by atomic mass is 10.2. The molecule has 0 fully saturated rings. The molecule has 6 heteroatoms. The fraction of sp³-hybridized carbons (Fsp3) is 0.278. The maximum atomic E-state index is 11.9. The van der Waals surface area contributed by atoms with Gasteiger partial charge in [0.1, 0.15) is 12.4 Å². The minimum Gasteiger partial charge on any atom is -0.492 e. The predicted molar refractivity (Wildman–Crippen MR) is 97.7 cm³/mol. The summed E-state index contributed by atoms with van der Waals surface area (Å²) in [6.45, 7) is 1.83. The van der Waals surface area contributed by atoms with E-state index in [1.54, 1.807) is 24.3 Å². The number of rotatable bonds is 8. The largest absolute Gasteiger partial charge is 0.492 e. The van der Waals surface area contributed by atoms with E-state index >= 15 is 0 Å². The van der Waals surface area contributed by atoms with Gasteiger partial charge in [0.05, 0.1) is 13.1 Å². The highest BCUT2D eigenvalue weighted by Crippen LogP contribution is 2.15. The van der Waals surface area contributed by atoms with Crippen molar-refractivity contribution in [2.45, 2.75) is 6.54 Å². The molecule has 0 spiro atoms. The molecule has 0 unspecified atom stereocenters. The Balaban J connectivity index is 1.64. The van der Waals surface area contributed by atoms with Gasteiger partial charge >= 0.3 is 0 Å². The third-order valence-electron chi connectivity index (χ3n) is 3.26. The highest BCUT2D eigenvalue weighted by Gasteiger charge is 2.07. The molecule has 4 nitrogen and oxygen atoms in total. The van der Waals surface area contributed by atoms with Crippen LogP contribution in [0.25, 0.3) is 0 Å². The highest BCUT2D eigenvalue weighted by atomic mass is 35.5. The second-order valence-corrected chi connectivity index (χ2v) is 6.33. The molecule has 0 heterocycles. The number of hydrogen-bond donors (Lipinski definition) is 1. The zero-order chi connectivity index (χ0) is 17.4. The van der Waals surface area contributed by atoms with E-state index in [0.717, 1.165) is 11.3 Å². The molecule has 0 aromatic heterocycles. The van der Waals surface area contributed by atoms with Crippen LogP contribution >= 0.6 is 23.2 Å². The van der Waals surface area contributed by atoms with Crippen LogP contribution in [0.4, 0.5) is 0 Å². The van der Waals surface area contributed by atoms with Crippen molar-refractivity contribution < 1.29 is 9.53 Å². The van der Waals surface area contributed by atoms with Crippen molar-refractivity contribution in [3.8, 4) is 5.75 Å². The average molecular weight is 367 g/mol. The first-order chi connectivity index (χ1) is 11.5. The maximum Gasteiger partial charge on any atom is 0.234 e. The van der Waals surface area contributed by atoms with Crippen LogP contribution in [0.3, 0.4) is 0 Å². The number of ether oxygens (including phenoxy) is 1. The van der Waals surface area contributed by atoms with Gasteiger partial charge in [0, 0.05) is 16.6 Å². The molecule has 1 amide bonds. The molecule has 0 atom stereocenters. The minimum atomic E-state index is -0.0424. The Kier molecular flexibility index (Phi) is 7.37. The Hall–Kier alpha value is -1.75. The van der Waals surface area contributed by atoms with Gasteiger partial charge in [0.25, 0.3) is 0 Å². The first kappa shape index (κ1) is 18.6. The van der Waals surface area contributed by atoms with E-state index in [1.165, 1.54) is 0 Å². The zero-order valence-electron chi connectivity index (χ0n) is 13.5. The van der Waals surface area contributed by atoms with E-state index in [2.05, 4.69) is 5.32 Å². The normalized spacial score (nSPS) is 10.7. The SMILES string of the molecule is CN(CC(=O)NCCOc1ccc(Cl)cc1)Cc1cccc(Cl)c1. The van der Waals surface area contributed by atoms with Crippen LogP contribution in [0, 0.1) is 0 Å². The van der Waals surface area contributed by atoms with Gasteiger partial charge in [0.15, 0.2) is 0 Å². The molecule has 2 aromatic carbocycles. The molecule has 1 N–H and O–H groups in total. The summed E-state index contributed by atoms with van der Waals surface area (Å²) >= 11 is 11.8. The standard InChI is InChI=1S/C18H20Cl2N2O2/c1-22(12-14-3-2-4-16(20)11-14)13-18(23)21-9-10-24-17-7-5-15(19)6-8-17/h2-8,11H,9-10,12-13H2,1H3,(H,21,23). The minimum absolute atomic E-state index is 0.0424. The van der Waals surface area contributed by atoms with Gasteiger partial charge < -0.3 is 10.1 Å². The van der Waals surface area contributed by atoms with Crippen LogP contribution in [0.2, 0.25) is 10.0 Å². The lowest BCUT2D eigenvalue weighted by Gasteiger charge is -2.16. The molecular formula is C18H20Cl2N2O2. The lowest BCUT2D eigenvalue weighted by Crippen LogP contribution is -2.36. The third kappa shape index (κ3) is 6.79. The van der Waals surface area contributed by atoms with Crippen LogP contribution in [-0.2, 0) is 11.3 Å². The van der Waals surface area contributed by atoms with E-state index in [4.69, 9.17) is 27.9 Å². The quantitative estimate of drug-likeness (QED) is 0.725. The molecule has 0 aliphatic heterocycles. The summed E-state index contributed by atoms with van der Waals surface area (Å²) in [5.41, 5.74) is 1.07. The molecule has 24 heavy (non-hydrogen) atoms. The fourth-order valence-corrected chi connectivity index (χ4v) is 2.53. The topological polar surface area (TPSA) is 41.6 Å². The first-order valence-corrected chi connectivity index (χ1v) is 8.36. The summed E-state index contributed by atoms with van der Waals surface area (Å²) in [4.78, 5) is 13.8. The van der Waals surface area contributed by atoms with Crippen molar-refractivity contribution in [1.29, 1.82) is 0 Å². The Labute approximate surface area is 152 Å². The smallest absolute Gasteiger partial charge is 0.234 e. The van der Waals surface area contributed by atoms with Crippen molar-refractivity contribution in [1.82, 2.24) is 10.2 Å². The van der Waals surface area contributed by atoms with Crippen molar-refractivity contribution in [2.24, 2.45) is 0 Å². The second-order valence-electron chi connectivity index (χ2n) is 5.45. The van der Waals surface area contributed by atoms with Gasteiger partial charge in [-0.1, -0.05) is 35.3 Å². The summed E-state index contributed by atoms with van der Waals surface area (Å²) in [5, 5.41) is 4.20. The number of carbonyl (C=O) groups is 1. The summed E-state index contributed by atoms with van der Waals surface area (Å²) in [6.07, 6.45) is 0. The molecule has 0 radical (unpaired) electrons. The number of halogens is 2. The molecule has 0 bridgehead atoms. The molecule has 0 saturated carbocycles. The van der Waals surface area contributed by atoms with E-state index in [9.17, 15) is 4.79 Å². The number of amides is 1. The number of likely N-dealkylation sites (N-methyl/N-ethyl adjacent to an activating group) is 1. The molecule has 2 aromatic rings. The van der Waals surface area contributed by atoms with Crippen molar-refractivity contribution >= 4 is 29.1 Å². The van der Waals surface area contributed by atoms with Crippen LogP contribution in [-0.4, -0.2) is 37.6 Å². The van der Waals surface area contributed by atoms with Crippen LogP contribution < -0.4 is 10.1 Å². The molecule has 2 rings (SSSR count). The predicted octanol–water partition coefficient (Wildman–Crippen LogP) is 3.62. The number of nitrogens with one attached hydrogen (secondary N) is 1. The maximum absolute atomic E-state index is 11.9. The summed E-state index contributed by atoms with van der Waals surface area (Å²) < 4.78 is 5.52. The monoisotopic (exact) mass is 366 g/mol. The third-order valence-corrected chi connectivity index (χ3v) is 3.75. The Morgan fingerprint density at radius 2 is 1.88 bits per heavy atom. The summed E-state index contributed by atoms with van der Waals surface area (Å²) in [6, 6.07) is 14.7. The van der Waals surface area contributed by atoms with Crippen molar-refractivity contribution in [2.75, 3.05) is 26.7 Å². The molecular weight excluding hydrogens is 347 g/mol. The number of nitrogens with zero attached hydrogens (tertiary/aromatic N) is 1. The lowest BCUT2D eigenvalue weighted by molar-refractivity contribution is -0.122. The van der Waals surface area contributed by atoms with Gasteiger partial charge in [-0.3, -0.25) is 9.69 Å². The summed E-state index contributed by atoms with van der Waals surface area (Å²) in [5.74, 6) is 0.686. The Morgan fingerprint density at radius 1 is 1.12 bits per heavy atom. The van der Waals surface area contributed by atoms with Crippen molar-refractivity contribution in [3.63, 3.8) is 0 Å². The number of hydrogen-bond acceptors (Lipinski definition) is 3. The van der Waals surface area contributed by atoms with E-state index < -0.39 is 0 Å². The first-order valence-electron chi connectivity index (χ1n) is 7.61. The van der Waals surface area contributed by atoms with Gasteiger partial charge in [-0.05, 0) is 49.0 Å². The molecule has 0 saturated heterocycles. The van der Waals surface area contributed by atoms with Gasteiger partial charge in [-0.15, -0.1) is 0 Å². The second kappa shape index (κ2) is 9.52. The Morgan fingerprint density at radius 3 is 2.58 bits per heavy atom. The average Bonchev–Trinajstić information content (AvgIpc) is 2.53. The zero-order valence-corrected chi connectivity index (χ0v) is 15.0. The van der Waals surface area contributed by atoms with Crippen LogP contribution in [0.1, 0.15) is 5.56 Å². The van der Waals surface area contributed by atoms with E-state index in [1.807, 2.05) is 36.2 Å². The molecule has 0 aliphatic carbocycles. The van der Waals surface area contributed by atoms with E-state index in [0.29, 0.717) is 36.3 Å². The summed E-state index contributed by atoms with van der Waals surface area (Å²) in [7, 11) is 1.89. The Bertz CT molecular complexity index is 662. The van der Waals surface area contributed by atoms with Crippen LogP contribution in [0.15, 0.2) is 48.5 Å². The van der Waals surface area contributed by atoms with Gasteiger partial charge in [-0.2, -0.15) is 0 Å². The van der Waals surface area contributed by atoms with Crippen molar-refractivity contribution in [3.05, 3.63) is 64.1 Å². The molecule has 0 aliphatic rings. The number of carbonyl (C=O) groups excluding carboxylic acids is 1. The fourth-order valence-electron chi connectivity index (χ4n) is 2.19. The van der Waals surface area contributed by atoms with E-state index in [-0.39, 0.29) is 5.91 Å². The highest BCUT2D eigenvalue weighted by molar-refractivity contribution is 6.30. The number of benzene rings is 2. The van der Waals surface area contributed by atoms with Crippen LogP contribution in [0.5, 0.6) is 5.75 Å².